The van der Waals surface area contributed by atoms with E-state index in [1.807, 2.05) is 66.7 Å². The first-order valence-electron chi connectivity index (χ1n) is 10.3. The predicted octanol–water partition coefficient (Wildman–Crippen LogP) is 6.14. The van der Waals surface area contributed by atoms with E-state index >= 15 is 0 Å². The van der Waals surface area contributed by atoms with Crippen LogP contribution in [0.15, 0.2) is 76.4 Å². The Labute approximate surface area is 203 Å². The van der Waals surface area contributed by atoms with E-state index in [0.29, 0.717) is 27.6 Å². The van der Waals surface area contributed by atoms with Gasteiger partial charge in [0.15, 0.2) is 5.13 Å². The highest BCUT2D eigenvalue weighted by Gasteiger charge is 2.13. The number of nitriles is 1. The number of aromatic nitrogens is 3. The lowest BCUT2D eigenvalue weighted by molar-refractivity contribution is -0.114. The van der Waals surface area contributed by atoms with Crippen LogP contribution in [-0.2, 0) is 10.5 Å². The number of carbonyl (C=O) groups is 1. The van der Waals surface area contributed by atoms with Crippen molar-refractivity contribution in [1.29, 1.82) is 5.26 Å². The number of thiazole rings is 1. The second kappa shape index (κ2) is 9.47. The summed E-state index contributed by atoms with van der Waals surface area (Å²) in [5.41, 5.74) is 5.29. The summed E-state index contributed by atoms with van der Waals surface area (Å²) in [7, 11) is 0. The number of rotatable bonds is 6. The Hall–Kier alpha value is -4.00. The second-order valence-corrected chi connectivity index (χ2v) is 9.36. The third kappa shape index (κ3) is 4.69. The Morgan fingerprint density at radius 3 is 2.68 bits per heavy atom. The van der Waals surface area contributed by atoms with Crippen LogP contribution in [-0.4, -0.2) is 21.1 Å². The normalized spacial score (nSPS) is 10.8. The van der Waals surface area contributed by atoms with Crippen LogP contribution >= 0.6 is 23.1 Å². The number of fused-ring (bicyclic) bond motifs is 1. The van der Waals surface area contributed by atoms with Gasteiger partial charge in [0.1, 0.15) is 0 Å². The van der Waals surface area contributed by atoms with Crippen molar-refractivity contribution < 1.29 is 9.21 Å². The van der Waals surface area contributed by atoms with Crippen molar-refractivity contribution in [2.75, 3.05) is 5.32 Å². The van der Waals surface area contributed by atoms with E-state index in [9.17, 15) is 10.1 Å². The number of nitrogens with one attached hydrogen (secondary N) is 1. The topological polar surface area (TPSA) is 105 Å². The first kappa shape index (κ1) is 21.8. The highest BCUT2D eigenvalue weighted by Crippen LogP contribution is 2.32. The van der Waals surface area contributed by atoms with Crippen molar-refractivity contribution in [2.24, 2.45) is 0 Å². The molecule has 0 unspecified atom stereocenters. The Morgan fingerprint density at radius 2 is 1.88 bits per heavy atom. The summed E-state index contributed by atoms with van der Waals surface area (Å²) >= 11 is 2.86. The molecule has 0 spiro atoms. The summed E-state index contributed by atoms with van der Waals surface area (Å²) in [6.45, 7) is 1.46. The molecule has 5 rings (SSSR count). The van der Waals surface area contributed by atoms with Crippen molar-refractivity contribution in [3.8, 4) is 28.7 Å². The molecule has 0 fully saturated rings. The fourth-order valence-electron chi connectivity index (χ4n) is 3.40. The van der Waals surface area contributed by atoms with E-state index in [2.05, 4.69) is 26.6 Å². The minimum absolute atomic E-state index is 0.153. The van der Waals surface area contributed by atoms with Gasteiger partial charge in [-0.25, -0.2) is 4.98 Å². The molecule has 1 N–H and O–H groups in total. The maximum Gasteiger partial charge on any atom is 0.277 e. The molecule has 166 valence electrons. The van der Waals surface area contributed by atoms with Gasteiger partial charge in [0.05, 0.1) is 21.8 Å². The van der Waals surface area contributed by atoms with Gasteiger partial charge in [-0.15, -0.1) is 10.2 Å². The summed E-state index contributed by atoms with van der Waals surface area (Å²) in [6, 6.07) is 23.6. The Balaban J connectivity index is 1.27. The fourth-order valence-corrected chi connectivity index (χ4v) is 5.07. The molecule has 0 atom stereocenters. The molecule has 2 heterocycles. The minimum Gasteiger partial charge on any atom is -0.411 e. The van der Waals surface area contributed by atoms with Crippen LogP contribution in [0.3, 0.4) is 0 Å². The molecule has 0 saturated carbocycles. The van der Waals surface area contributed by atoms with Crippen LogP contribution in [0, 0.1) is 11.3 Å². The fraction of sp³-hybridized carbons (Fsp3) is 0.0800. The van der Waals surface area contributed by atoms with Crippen molar-refractivity contribution in [1.82, 2.24) is 15.2 Å². The van der Waals surface area contributed by atoms with Crippen LogP contribution in [0.1, 0.15) is 18.1 Å². The van der Waals surface area contributed by atoms with Crippen molar-refractivity contribution in [2.45, 2.75) is 17.9 Å². The highest BCUT2D eigenvalue weighted by molar-refractivity contribution is 7.98. The number of amides is 1. The maximum absolute atomic E-state index is 11.3. The van der Waals surface area contributed by atoms with Gasteiger partial charge >= 0.3 is 0 Å². The molecule has 2 aromatic heterocycles. The summed E-state index contributed by atoms with van der Waals surface area (Å²) in [5, 5.41) is 21.4. The third-order valence-corrected chi connectivity index (χ3v) is 6.82. The first-order valence-corrected chi connectivity index (χ1v) is 12.1. The number of benzene rings is 3. The van der Waals surface area contributed by atoms with E-state index in [1.165, 1.54) is 30.0 Å². The molecule has 7 nitrogen and oxygen atoms in total. The van der Waals surface area contributed by atoms with E-state index < -0.39 is 0 Å². The summed E-state index contributed by atoms with van der Waals surface area (Å²) < 4.78 is 6.78. The molecule has 34 heavy (non-hydrogen) atoms. The SMILES string of the molecule is CC(=O)Nc1nc2ccc(-c3nnc(SCc4ccc(-c5ccccc5C#N)cc4)o3)cc2s1. The summed E-state index contributed by atoms with van der Waals surface area (Å²) in [5.74, 6) is 0.956. The van der Waals surface area contributed by atoms with Gasteiger partial charge in [-0.2, -0.15) is 5.26 Å². The monoisotopic (exact) mass is 483 g/mol. The smallest absolute Gasteiger partial charge is 0.277 e. The zero-order chi connectivity index (χ0) is 23.5. The van der Waals surface area contributed by atoms with Crippen LogP contribution in [0.25, 0.3) is 32.8 Å². The van der Waals surface area contributed by atoms with E-state index in [4.69, 9.17) is 4.42 Å². The number of carbonyl (C=O) groups excluding carboxylic acids is 1. The lowest BCUT2D eigenvalue weighted by Gasteiger charge is -2.05. The molecule has 0 bridgehead atoms. The molecule has 9 heteroatoms. The first-order chi connectivity index (χ1) is 16.6. The number of anilines is 1. The molecule has 3 aromatic carbocycles. The van der Waals surface area contributed by atoms with Gasteiger partial charge < -0.3 is 9.73 Å². The average molecular weight is 484 g/mol. The summed E-state index contributed by atoms with van der Waals surface area (Å²) in [4.78, 5) is 15.7. The standard InChI is InChI=1S/C25H17N5O2S2/c1-15(31)27-24-28-21-11-10-18(12-22(21)34-24)23-29-30-25(32-23)33-14-16-6-8-17(9-7-16)20-5-3-2-4-19(20)13-26/h2-12H,14H2,1H3,(H,27,28,31). The van der Waals surface area contributed by atoms with Gasteiger partial charge in [-0.3, -0.25) is 4.79 Å². The van der Waals surface area contributed by atoms with E-state index in [1.54, 1.807) is 0 Å². The van der Waals surface area contributed by atoms with E-state index in [0.717, 1.165) is 32.5 Å². The molecule has 1 amide bonds. The molecular weight excluding hydrogens is 466 g/mol. The number of nitrogens with zero attached hydrogens (tertiary/aromatic N) is 4. The number of thioether (sulfide) groups is 1. The van der Waals surface area contributed by atoms with Crippen molar-refractivity contribution >= 4 is 44.4 Å². The Morgan fingerprint density at radius 1 is 1.09 bits per heavy atom. The van der Waals surface area contributed by atoms with Crippen LogP contribution in [0.4, 0.5) is 5.13 Å². The third-order valence-electron chi connectivity index (χ3n) is 5.00. The molecule has 0 aliphatic heterocycles. The van der Waals surface area contributed by atoms with Crippen LogP contribution < -0.4 is 5.32 Å². The summed E-state index contributed by atoms with van der Waals surface area (Å²) in [6.07, 6.45) is 0. The van der Waals surface area contributed by atoms with Crippen LogP contribution in [0.5, 0.6) is 0 Å². The molecule has 0 aliphatic carbocycles. The molecule has 0 aliphatic rings. The second-order valence-electron chi connectivity index (χ2n) is 7.40. The largest absolute Gasteiger partial charge is 0.411 e. The molecule has 0 saturated heterocycles. The van der Waals surface area contributed by atoms with Crippen molar-refractivity contribution in [3.05, 3.63) is 77.9 Å². The molecule has 0 radical (unpaired) electrons. The van der Waals surface area contributed by atoms with Gasteiger partial charge in [0.2, 0.25) is 11.8 Å². The van der Waals surface area contributed by atoms with Gasteiger partial charge in [0.25, 0.3) is 5.22 Å². The van der Waals surface area contributed by atoms with E-state index in [-0.39, 0.29) is 5.91 Å². The zero-order valence-corrected chi connectivity index (χ0v) is 19.6. The quantitative estimate of drug-likeness (QED) is 0.289. The Bertz CT molecular complexity index is 1530. The van der Waals surface area contributed by atoms with Crippen LogP contribution in [0.2, 0.25) is 0 Å². The lowest BCUT2D eigenvalue weighted by Crippen LogP contribution is -2.04. The Kier molecular flexibility index (Phi) is 6.08. The minimum atomic E-state index is -0.153. The number of hydrogen-bond acceptors (Lipinski definition) is 8. The van der Waals surface area contributed by atoms with Gasteiger partial charge in [0, 0.05) is 18.2 Å². The average Bonchev–Trinajstić information content (AvgIpc) is 3.48. The van der Waals surface area contributed by atoms with Gasteiger partial charge in [-0.1, -0.05) is 65.6 Å². The molecular formula is C25H17N5O2S2. The van der Waals surface area contributed by atoms with Crippen molar-refractivity contribution in [3.63, 3.8) is 0 Å². The predicted molar refractivity (Wildman–Crippen MR) is 133 cm³/mol. The lowest BCUT2D eigenvalue weighted by atomic mass is 10.00. The highest BCUT2D eigenvalue weighted by atomic mass is 32.2. The van der Waals surface area contributed by atoms with Gasteiger partial charge in [-0.05, 0) is 41.0 Å². The maximum atomic E-state index is 11.3. The molecule has 5 aromatic rings. The zero-order valence-electron chi connectivity index (χ0n) is 18.0. The number of hydrogen-bond donors (Lipinski definition) is 1.